The molecule has 51 heavy (non-hydrogen) atoms. The quantitative estimate of drug-likeness (QED) is 0.188. The highest BCUT2D eigenvalue weighted by molar-refractivity contribution is 5.95. The minimum atomic E-state index is -1.04. The summed E-state index contributed by atoms with van der Waals surface area (Å²) in [6.45, 7) is 15.5. The normalized spacial score (nSPS) is 18.0. The summed E-state index contributed by atoms with van der Waals surface area (Å²) < 4.78 is 42.1. The number of guanidine groups is 1. The summed E-state index contributed by atoms with van der Waals surface area (Å²) in [5.74, 6) is -0.303. The number of aryl methyl sites for hydroxylation is 3. The van der Waals surface area contributed by atoms with Gasteiger partial charge >= 0.3 is 6.09 Å². The number of aliphatic imine (C=N–C) groups is 1. The van der Waals surface area contributed by atoms with Crippen LogP contribution >= 0.6 is 0 Å². The predicted octanol–water partition coefficient (Wildman–Crippen LogP) is 6.23. The van der Waals surface area contributed by atoms with Crippen LogP contribution in [0, 0.1) is 26.6 Å². The summed E-state index contributed by atoms with van der Waals surface area (Å²) in [4.78, 5) is 34.6. The number of piperazine rings is 1. The Balaban J connectivity index is 1.18. The van der Waals surface area contributed by atoms with E-state index in [1.54, 1.807) is 11.0 Å². The first-order chi connectivity index (χ1) is 24.5. The standard InChI is InChI=1S/C38H46F2N6O5/c1-24(2)45-14-12-44(13-15-45)16-18-48-32-10-9-30(21-31(32)39)41-37-42-33(40)22-34(43-38(47)50-35-26(4)19-25(3)20-27(35)5)46(37)23-29-8-6-7-28-11-17-49-51-36(28)29/h6-10,19-22,24,34H,11-18,23H2,1-5H3,(H,41,42)(H,43,47). The molecule has 11 nitrogen and oxygen atoms in total. The van der Waals surface area contributed by atoms with Crippen LogP contribution in [-0.4, -0.2) is 84.9 Å². The molecule has 3 aliphatic rings. The number of nitrogens with zero attached hydrogens (tertiary/aromatic N) is 4. The molecule has 13 heteroatoms. The first-order valence-electron chi connectivity index (χ1n) is 17.4. The Hall–Kier alpha value is -4.72. The molecule has 0 spiro atoms. The van der Waals surface area contributed by atoms with Gasteiger partial charge in [-0.3, -0.25) is 15.1 Å². The Kier molecular flexibility index (Phi) is 11.4. The van der Waals surface area contributed by atoms with E-state index < -0.39 is 24.0 Å². The Bertz CT molecular complexity index is 1770. The number of anilines is 1. The molecule has 0 bridgehead atoms. The highest BCUT2D eigenvalue weighted by Gasteiger charge is 2.31. The summed E-state index contributed by atoms with van der Waals surface area (Å²) >= 11 is 0. The van der Waals surface area contributed by atoms with Crippen molar-refractivity contribution >= 4 is 17.7 Å². The molecule has 0 aromatic heterocycles. The zero-order valence-electron chi connectivity index (χ0n) is 29.8. The van der Waals surface area contributed by atoms with Gasteiger partial charge in [0.05, 0.1) is 13.2 Å². The van der Waals surface area contributed by atoms with Crippen LogP contribution in [0.15, 0.2) is 65.6 Å². The molecule has 272 valence electrons. The number of carbonyl (C=O) groups excluding carboxylic acids is 1. The van der Waals surface area contributed by atoms with Crippen molar-refractivity contribution in [2.75, 3.05) is 51.3 Å². The lowest BCUT2D eigenvalue weighted by Crippen LogP contribution is -2.53. The van der Waals surface area contributed by atoms with Crippen LogP contribution in [0.1, 0.15) is 41.7 Å². The Labute approximate surface area is 297 Å². The van der Waals surface area contributed by atoms with Gasteiger partial charge in [0, 0.05) is 74.1 Å². The molecule has 3 aromatic rings. The van der Waals surface area contributed by atoms with E-state index in [2.05, 4.69) is 39.3 Å². The third-order valence-corrected chi connectivity index (χ3v) is 9.29. The number of benzene rings is 3. The SMILES string of the molecule is Cc1cc(C)c(OC(=O)NC2C=C(F)N=C(Nc3ccc(OCCN4CCN(C(C)C)CC4)c(F)c3)N2Cc2cccc3c2OOCC3)c(C)c1. The molecule has 3 aromatic carbocycles. The summed E-state index contributed by atoms with van der Waals surface area (Å²) in [5, 5.41) is 5.82. The molecule has 1 unspecified atom stereocenters. The van der Waals surface area contributed by atoms with Gasteiger partial charge in [0.25, 0.3) is 0 Å². The van der Waals surface area contributed by atoms with Gasteiger partial charge in [-0.05, 0) is 57.9 Å². The van der Waals surface area contributed by atoms with E-state index in [0.29, 0.717) is 55.0 Å². The van der Waals surface area contributed by atoms with E-state index in [-0.39, 0.29) is 18.3 Å². The van der Waals surface area contributed by atoms with Crippen molar-refractivity contribution in [1.82, 2.24) is 20.0 Å². The van der Waals surface area contributed by atoms with Crippen molar-refractivity contribution in [1.29, 1.82) is 0 Å². The van der Waals surface area contributed by atoms with Gasteiger partial charge in [-0.25, -0.2) is 9.18 Å². The summed E-state index contributed by atoms with van der Waals surface area (Å²) in [6, 6.07) is 14.5. The van der Waals surface area contributed by atoms with Gasteiger partial charge in [-0.2, -0.15) is 14.3 Å². The summed E-state index contributed by atoms with van der Waals surface area (Å²) in [7, 11) is 0. The fourth-order valence-electron chi connectivity index (χ4n) is 6.63. The van der Waals surface area contributed by atoms with E-state index in [9.17, 15) is 4.79 Å². The smallest absolute Gasteiger partial charge is 0.414 e. The maximum atomic E-state index is 15.3. The van der Waals surface area contributed by atoms with Crippen LogP contribution in [0.4, 0.5) is 19.3 Å². The lowest BCUT2D eigenvalue weighted by Gasteiger charge is -2.36. The maximum absolute atomic E-state index is 15.3. The second-order valence-electron chi connectivity index (χ2n) is 13.4. The zero-order chi connectivity index (χ0) is 36.1. The first kappa shape index (κ1) is 36.1. The number of amides is 1. The predicted molar refractivity (Wildman–Crippen MR) is 191 cm³/mol. The molecular formula is C38H46F2N6O5. The first-order valence-corrected chi connectivity index (χ1v) is 17.4. The average molecular weight is 705 g/mol. The second kappa shape index (κ2) is 16.1. The minimum absolute atomic E-state index is 0.0333. The van der Waals surface area contributed by atoms with Crippen molar-refractivity contribution in [2.24, 2.45) is 4.99 Å². The summed E-state index contributed by atoms with van der Waals surface area (Å²) in [5.41, 5.74) is 4.60. The van der Waals surface area contributed by atoms with E-state index in [0.717, 1.165) is 48.4 Å². The third kappa shape index (κ3) is 8.96. The lowest BCUT2D eigenvalue weighted by molar-refractivity contribution is -0.215. The van der Waals surface area contributed by atoms with E-state index in [4.69, 9.17) is 19.2 Å². The lowest BCUT2D eigenvalue weighted by atomic mass is 10.1. The van der Waals surface area contributed by atoms with Crippen LogP contribution in [0.2, 0.25) is 0 Å². The van der Waals surface area contributed by atoms with Crippen molar-refractivity contribution in [3.8, 4) is 17.2 Å². The molecule has 3 aliphatic heterocycles. The molecule has 1 amide bonds. The molecule has 1 fully saturated rings. The average Bonchev–Trinajstić information content (AvgIpc) is 3.09. The van der Waals surface area contributed by atoms with E-state index in [1.165, 1.54) is 18.2 Å². The van der Waals surface area contributed by atoms with Gasteiger partial charge in [0.15, 0.2) is 17.3 Å². The number of hydrogen-bond acceptors (Lipinski definition) is 10. The fourth-order valence-corrected chi connectivity index (χ4v) is 6.63. The molecule has 0 radical (unpaired) electrons. The van der Waals surface area contributed by atoms with Crippen LogP contribution < -0.4 is 25.0 Å². The molecule has 2 N–H and O–H groups in total. The number of nitrogens with one attached hydrogen (secondary N) is 2. The number of carbonyl (C=O) groups is 1. The van der Waals surface area contributed by atoms with Gasteiger partial charge in [-0.1, -0.05) is 35.9 Å². The van der Waals surface area contributed by atoms with Gasteiger partial charge < -0.3 is 24.6 Å². The Morgan fingerprint density at radius 2 is 1.80 bits per heavy atom. The molecule has 0 aliphatic carbocycles. The van der Waals surface area contributed by atoms with Crippen molar-refractivity contribution in [2.45, 2.75) is 59.8 Å². The number of hydrogen-bond donors (Lipinski definition) is 2. The highest BCUT2D eigenvalue weighted by Crippen LogP contribution is 2.31. The molecule has 0 saturated carbocycles. The van der Waals surface area contributed by atoms with Crippen LogP contribution in [0.3, 0.4) is 0 Å². The van der Waals surface area contributed by atoms with E-state index >= 15 is 8.78 Å². The van der Waals surface area contributed by atoms with Crippen molar-refractivity contribution in [3.05, 3.63) is 94.2 Å². The summed E-state index contributed by atoms with van der Waals surface area (Å²) in [6.07, 6.45) is 0.00446. The second-order valence-corrected chi connectivity index (χ2v) is 13.4. The van der Waals surface area contributed by atoms with Crippen molar-refractivity contribution < 1.29 is 32.8 Å². The number of rotatable bonds is 10. The number of halogens is 2. The molecule has 3 heterocycles. The maximum Gasteiger partial charge on any atom is 0.414 e. The molecular weight excluding hydrogens is 658 g/mol. The number of para-hydroxylation sites is 1. The largest absolute Gasteiger partial charge is 0.489 e. The van der Waals surface area contributed by atoms with Gasteiger partial charge in [0.2, 0.25) is 11.9 Å². The van der Waals surface area contributed by atoms with Crippen molar-refractivity contribution in [3.63, 3.8) is 0 Å². The van der Waals surface area contributed by atoms with Gasteiger partial charge in [-0.15, -0.1) is 0 Å². The van der Waals surface area contributed by atoms with Crippen LogP contribution in [0.5, 0.6) is 17.2 Å². The van der Waals surface area contributed by atoms with Crippen LogP contribution in [0.25, 0.3) is 0 Å². The van der Waals surface area contributed by atoms with Crippen LogP contribution in [-0.2, 0) is 17.9 Å². The topological polar surface area (TPSA) is 100 Å². The number of fused-ring (bicyclic) bond motifs is 1. The number of ether oxygens (including phenoxy) is 2. The third-order valence-electron chi connectivity index (χ3n) is 9.29. The highest BCUT2D eigenvalue weighted by atomic mass is 19.1. The monoisotopic (exact) mass is 704 g/mol. The van der Waals surface area contributed by atoms with E-state index in [1.807, 2.05) is 51.1 Å². The van der Waals surface area contributed by atoms with Gasteiger partial charge in [0.1, 0.15) is 18.5 Å². The minimum Gasteiger partial charge on any atom is -0.489 e. The molecule has 1 atom stereocenters. The zero-order valence-corrected chi connectivity index (χ0v) is 29.8. The fraction of sp³-hybridized carbons (Fsp3) is 0.421. The molecule has 1 saturated heterocycles. The Morgan fingerprint density at radius 3 is 2.53 bits per heavy atom. The Morgan fingerprint density at radius 1 is 1.04 bits per heavy atom. The molecule has 6 rings (SSSR count).